The lowest BCUT2D eigenvalue weighted by atomic mass is 9.95. The highest BCUT2D eigenvalue weighted by Crippen LogP contribution is 2.33. The number of nitrogens with zero attached hydrogens (tertiary/aromatic N) is 1. The van der Waals surface area contributed by atoms with E-state index < -0.39 is 0 Å². The van der Waals surface area contributed by atoms with Gasteiger partial charge in [-0.25, -0.2) is 4.98 Å². The van der Waals surface area contributed by atoms with Crippen LogP contribution in [0.15, 0.2) is 38.4 Å². The van der Waals surface area contributed by atoms with E-state index in [4.69, 9.17) is 4.42 Å². The minimum absolute atomic E-state index is 0.0265. The van der Waals surface area contributed by atoms with Gasteiger partial charge in [0.05, 0.1) is 15.3 Å². The highest BCUT2D eigenvalue weighted by atomic mass is 32.2. The minimum atomic E-state index is 0.0265. The zero-order chi connectivity index (χ0) is 14.2. The number of carbonyl (C=O) groups excluding carboxylic acids is 1. The summed E-state index contributed by atoms with van der Waals surface area (Å²) in [5.74, 6) is 0.0265. The molecule has 0 aromatic carbocycles. The molecule has 2 fully saturated rings. The van der Waals surface area contributed by atoms with Crippen LogP contribution < -0.4 is 10.6 Å². The van der Waals surface area contributed by atoms with Crippen LogP contribution in [-0.4, -0.2) is 29.0 Å². The van der Waals surface area contributed by atoms with Gasteiger partial charge in [-0.1, -0.05) is 0 Å². The van der Waals surface area contributed by atoms with E-state index in [9.17, 15) is 4.79 Å². The van der Waals surface area contributed by atoms with E-state index in [1.165, 1.54) is 35.9 Å². The summed E-state index contributed by atoms with van der Waals surface area (Å²) in [5, 5.41) is 7.29. The number of nitrogens with one attached hydrogen (secondary N) is 2. The first-order valence-electron chi connectivity index (χ1n) is 7.02. The lowest BCUT2D eigenvalue weighted by Gasteiger charge is -2.20. The third-order valence-corrected chi connectivity index (χ3v) is 6.11. The molecule has 3 unspecified atom stereocenters. The molecule has 0 spiro atoms. The summed E-state index contributed by atoms with van der Waals surface area (Å²) in [6, 6.07) is 5.14. The average Bonchev–Trinajstić information content (AvgIpc) is 3.24. The Morgan fingerprint density at radius 2 is 2.43 bits per heavy atom. The number of oxazole rings is 1. The SMILES string of the molecule is O=C(NC1CC2CCC1N2)c1ccc(Sc2ncco2)s1. The number of aromatic nitrogens is 1. The number of thiophene rings is 1. The molecule has 3 atom stereocenters. The number of amides is 1. The summed E-state index contributed by atoms with van der Waals surface area (Å²) in [5.41, 5.74) is 0. The Morgan fingerprint density at radius 3 is 3.14 bits per heavy atom. The van der Waals surface area contributed by atoms with Gasteiger partial charge in [-0.05, 0) is 43.2 Å². The van der Waals surface area contributed by atoms with E-state index in [1.54, 1.807) is 12.5 Å². The maximum absolute atomic E-state index is 12.3. The van der Waals surface area contributed by atoms with Gasteiger partial charge in [-0.15, -0.1) is 11.3 Å². The first-order valence-corrected chi connectivity index (χ1v) is 8.65. The maximum Gasteiger partial charge on any atom is 0.261 e. The number of hydrogen-bond donors (Lipinski definition) is 2. The molecule has 4 rings (SSSR count). The van der Waals surface area contributed by atoms with E-state index in [-0.39, 0.29) is 11.9 Å². The van der Waals surface area contributed by atoms with E-state index in [0.717, 1.165) is 15.5 Å². The number of fused-ring (bicyclic) bond motifs is 2. The van der Waals surface area contributed by atoms with Crippen LogP contribution in [0.3, 0.4) is 0 Å². The zero-order valence-corrected chi connectivity index (χ0v) is 12.9. The van der Waals surface area contributed by atoms with Crippen LogP contribution in [-0.2, 0) is 0 Å². The summed E-state index contributed by atoms with van der Waals surface area (Å²) in [4.78, 5) is 17.1. The normalized spacial score (nSPS) is 27.1. The third kappa shape index (κ3) is 2.73. The Bertz CT molecular complexity index is 640. The van der Waals surface area contributed by atoms with Crippen LogP contribution in [0.2, 0.25) is 0 Å². The Kier molecular flexibility index (Phi) is 3.48. The smallest absolute Gasteiger partial charge is 0.261 e. The fraction of sp³-hybridized carbons (Fsp3) is 0.429. The van der Waals surface area contributed by atoms with Crippen LogP contribution >= 0.6 is 23.1 Å². The van der Waals surface area contributed by atoms with Gasteiger partial charge in [0, 0.05) is 18.1 Å². The molecule has 21 heavy (non-hydrogen) atoms. The van der Waals surface area contributed by atoms with Crippen LogP contribution in [0, 0.1) is 0 Å². The molecule has 2 saturated heterocycles. The van der Waals surface area contributed by atoms with Crippen molar-refractivity contribution in [1.29, 1.82) is 0 Å². The number of rotatable bonds is 4. The topological polar surface area (TPSA) is 67.2 Å². The first-order chi connectivity index (χ1) is 10.3. The highest BCUT2D eigenvalue weighted by molar-refractivity contribution is 8.01. The molecule has 4 heterocycles. The summed E-state index contributed by atoms with van der Waals surface area (Å²) in [6.07, 6.45) is 6.63. The second-order valence-corrected chi connectivity index (χ2v) is 7.72. The third-order valence-electron chi connectivity index (χ3n) is 4.02. The summed E-state index contributed by atoms with van der Waals surface area (Å²) in [7, 11) is 0. The molecule has 5 nitrogen and oxygen atoms in total. The highest BCUT2D eigenvalue weighted by Gasteiger charge is 2.39. The number of carbonyl (C=O) groups is 1. The van der Waals surface area contributed by atoms with Gasteiger partial charge in [-0.2, -0.15) is 0 Å². The fourth-order valence-electron chi connectivity index (χ4n) is 3.07. The summed E-state index contributed by atoms with van der Waals surface area (Å²) < 4.78 is 6.21. The molecule has 2 N–H and O–H groups in total. The molecule has 2 aliphatic heterocycles. The van der Waals surface area contributed by atoms with Crippen LogP contribution in [0.5, 0.6) is 0 Å². The summed E-state index contributed by atoms with van der Waals surface area (Å²) >= 11 is 2.91. The van der Waals surface area contributed by atoms with Crippen molar-refractivity contribution < 1.29 is 9.21 Å². The van der Waals surface area contributed by atoms with Gasteiger partial charge in [0.15, 0.2) is 0 Å². The fourth-order valence-corrected chi connectivity index (χ4v) is 4.88. The van der Waals surface area contributed by atoms with Gasteiger partial charge in [-0.3, -0.25) is 4.79 Å². The molecule has 110 valence electrons. The molecule has 0 saturated carbocycles. The second-order valence-electron chi connectivity index (χ2n) is 5.38. The quantitative estimate of drug-likeness (QED) is 0.906. The van der Waals surface area contributed by atoms with Gasteiger partial charge < -0.3 is 15.1 Å². The molecule has 2 bridgehead atoms. The molecule has 2 aromatic rings. The molecule has 2 aliphatic rings. The molecular weight excluding hydrogens is 306 g/mol. The van der Waals surface area contributed by atoms with Crippen molar-refractivity contribution in [3.05, 3.63) is 29.5 Å². The van der Waals surface area contributed by atoms with E-state index >= 15 is 0 Å². The molecule has 0 aliphatic carbocycles. The van der Waals surface area contributed by atoms with Crippen LogP contribution in [0.25, 0.3) is 0 Å². The lowest BCUT2D eigenvalue weighted by Crippen LogP contribution is -2.42. The van der Waals surface area contributed by atoms with Gasteiger partial charge in [0.25, 0.3) is 11.1 Å². The zero-order valence-electron chi connectivity index (χ0n) is 11.2. The van der Waals surface area contributed by atoms with Crippen molar-refractivity contribution in [2.45, 2.75) is 46.8 Å². The molecular formula is C14H15N3O2S2. The molecule has 1 amide bonds. The van der Waals surface area contributed by atoms with E-state index in [0.29, 0.717) is 17.3 Å². The Hall–Kier alpha value is -1.31. The van der Waals surface area contributed by atoms with Gasteiger partial charge >= 0.3 is 0 Å². The minimum Gasteiger partial charge on any atom is -0.440 e. The Labute approximate surface area is 130 Å². The van der Waals surface area contributed by atoms with Gasteiger partial charge in [0.2, 0.25) is 0 Å². The average molecular weight is 321 g/mol. The number of hydrogen-bond acceptors (Lipinski definition) is 6. The largest absolute Gasteiger partial charge is 0.440 e. The van der Waals surface area contributed by atoms with E-state index in [2.05, 4.69) is 15.6 Å². The predicted octanol–water partition coefficient (Wildman–Crippen LogP) is 2.51. The van der Waals surface area contributed by atoms with E-state index in [1.807, 2.05) is 12.1 Å². The monoisotopic (exact) mass is 321 g/mol. The maximum atomic E-state index is 12.3. The summed E-state index contributed by atoms with van der Waals surface area (Å²) in [6.45, 7) is 0. The second kappa shape index (κ2) is 5.47. The standard InChI is InChI=1S/C14H15N3O2S2/c18-13(17-10-7-8-1-2-9(10)16-8)11-3-4-12(20-11)21-14-15-5-6-19-14/h3-6,8-10,16H,1-2,7H2,(H,17,18). The first kappa shape index (κ1) is 13.4. The molecule has 0 radical (unpaired) electrons. The molecule has 7 heteroatoms. The van der Waals surface area contributed by atoms with Crippen molar-refractivity contribution in [3.8, 4) is 0 Å². The van der Waals surface area contributed by atoms with Crippen LogP contribution in [0.1, 0.15) is 28.9 Å². The Balaban J connectivity index is 1.39. The van der Waals surface area contributed by atoms with Crippen molar-refractivity contribution >= 4 is 29.0 Å². The van der Waals surface area contributed by atoms with Crippen molar-refractivity contribution in [3.63, 3.8) is 0 Å². The van der Waals surface area contributed by atoms with Crippen molar-refractivity contribution in [1.82, 2.24) is 15.6 Å². The van der Waals surface area contributed by atoms with Crippen molar-refractivity contribution in [2.24, 2.45) is 0 Å². The predicted molar refractivity (Wildman–Crippen MR) is 80.8 cm³/mol. The van der Waals surface area contributed by atoms with Gasteiger partial charge in [0.1, 0.15) is 6.26 Å². The van der Waals surface area contributed by atoms with Crippen LogP contribution in [0.4, 0.5) is 0 Å². The Morgan fingerprint density at radius 1 is 1.48 bits per heavy atom. The van der Waals surface area contributed by atoms with Crippen molar-refractivity contribution in [2.75, 3.05) is 0 Å². The molecule has 2 aromatic heterocycles. The lowest BCUT2D eigenvalue weighted by molar-refractivity contribution is 0.0935.